The van der Waals surface area contributed by atoms with Crippen LogP contribution in [0.15, 0.2) is 42.5 Å². The van der Waals surface area contributed by atoms with Gasteiger partial charge in [0.1, 0.15) is 24.7 Å². The maximum atomic E-state index is 12.9. The van der Waals surface area contributed by atoms with Gasteiger partial charge in [0.05, 0.1) is 50.7 Å². The van der Waals surface area contributed by atoms with Crippen LogP contribution in [0.1, 0.15) is 43.7 Å². The summed E-state index contributed by atoms with van der Waals surface area (Å²) < 4.78 is 35.0. The number of amides is 2. The van der Waals surface area contributed by atoms with Crippen molar-refractivity contribution in [2.45, 2.75) is 51.4 Å². The number of carboxylic acid groups (broad SMARTS) is 1. The molecule has 2 aromatic rings. The highest BCUT2D eigenvalue weighted by atomic mass is 16.5. The van der Waals surface area contributed by atoms with Crippen molar-refractivity contribution in [1.29, 1.82) is 0 Å². The summed E-state index contributed by atoms with van der Waals surface area (Å²) in [5, 5.41) is 10.1. The fraction of sp³-hybridized carbons (Fsp3) is 0.600. The highest BCUT2D eigenvalue weighted by Gasteiger charge is 2.41. The number of likely N-dealkylation sites (N-methyl/N-ethyl adjacent to an activating group) is 1. The number of likely N-dealkylation sites (tertiary alicyclic amines) is 1. The zero-order valence-electron chi connectivity index (χ0n) is 28.2. The topological polar surface area (TPSA) is 119 Å². The average molecular weight is 658 g/mol. The van der Waals surface area contributed by atoms with Gasteiger partial charge in [-0.25, -0.2) is 4.79 Å². The number of fused-ring (bicyclic) bond motifs is 1. The molecule has 1 fully saturated rings. The smallest absolute Gasteiger partial charge is 0.407 e. The van der Waals surface area contributed by atoms with Gasteiger partial charge in [-0.05, 0) is 55.7 Å². The number of nitrogens with zero attached hydrogens (tertiary/aromatic N) is 3. The molecule has 0 aliphatic carbocycles. The number of methoxy groups -OCH3 is 2. The third-order valence-electron chi connectivity index (χ3n) is 8.66. The first kappa shape index (κ1) is 36.3. The molecule has 0 unspecified atom stereocenters. The summed E-state index contributed by atoms with van der Waals surface area (Å²) in [4.78, 5) is 30.5. The molecular formula is C35H51N3O9. The molecular weight excluding hydrogens is 606 g/mol. The van der Waals surface area contributed by atoms with Crippen molar-refractivity contribution in [3.05, 3.63) is 53.6 Å². The first-order valence-electron chi connectivity index (χ1n) is 16.6. The van der Waals surface area contributed by atoms with E-state index in [-0.39, 0.29) is 38.1 Å². The Morgan fingerprint density at radius 2 is 1.64 bits per heavy atom. The van der Waals surface area contributed by atoms with Gasteiger partial charge in [-0.3, -0.25) is 4.79 Å². The number of hydrogen-bond acceptors (Lipinski definition) is 9. The quantitative estimate of drug-likeness (QED) is 0.233. The van der Waals surface area contributed by atoms with Crippen molar-refractivity contribution in [3.8, 4) is 11.5 Å². The van der Waals surface area contributed by atoms with Crippen LogP contribution in [-0.4, -0.2) is 126 Å². The molecule has 2 amide bonds. The minimum atomic E-state index is -1.06. The molecule has 0 spiro atoms. The summed E-state index contributed by atoms with van der Waals surface area (Å²) >= 11 is 0. The van der Waals surface area contributed by atoms with E-state index in [0.29, 0.717) is 39.5 Å². The van der Waals surface area contributed by atoms with Gasteiger partial charge in [-0.1, -0.05) is 18.2 Å². The Hall–Kier alpha value is -3.58. The SMILES string of the molecule is CCN(CC)C(=O)CO[C@@H]1CN(C(=O)O)C[C@H](OCc2ccc3c(c2)N(CCCOC)CCO3)[C@H]1c1ccc(OCCCOC)cc1. The van der Waals surface area contributed by atoms with Crippen LogP contribution in [-0.2, 0) is 30.3 Å². The zero-order chi connectivity index (χ0) is 33.6. The lowest BCUT2D eigenvalue weighted by molar-refractivity contribution is -0.142. The summed E-state index contributed by atoms with van der Waals surface area (Å²) in [7, 11) is 3.37. The number of hydrogen-bond donors (Lipinski definition) is 1. The van der Waals surface area contributed by atoms with Crippen molar-refractivity contribution >= 4 is 17.7 Å². The van der Waals surface area contributed by atoms with Gasteiger partial charge < -0.3 is 48.2 Å². The molecule has 4 rings (SSSR count). The van der Waals surface area contributed by atoms with Crippen LogP contribution in [0.4, 0.5) is 10.5 Å². The summed E-state index contributed by atoms with van der Waals surface area (Å²) in [6, 6.07) is 13.8. The van der Waals surface area contributed by atoms with E-state index in [1.54, 1.807) is 19.1 Å². The summed E-state index contributed by atoms with van der Waals surface area (Å²) in [6.45, 7) is 9.48. The number of benzene rings is 2. The van der Waals surface area contributed by atoms with Gasteiger partial charge in [0.25, 0.3) is 0 Å². The first-order valence-corrected chi connectivity index (χ1v) is 16.6. The van der Waals surface area contributed by atoms with Crippen molar-refractivity contribution < 1.29 is 43.1 Å². The van der Waals surface area contributed by atoms with E-state index in [4.69, 9.17) is 28.4 Å². The molecule has 2 aliphatic heterocycles. The van der Waals surface area contributed by atoms with Gasteiger partial charge in [0, 0.05) is 59.4 Å². The second kappa shape index (κ2) is 18.7. The van der Waals surface area contributed by atoms with Gasteiger partial charge in [-0.15, -0.1) is 0 Å². The van der Waals surface area contributed by atoms with Crippen LogP contribution in [0.3, 0.4) is 0 Å². The third-order valence-corrected chi connectivity index (χ3v) is 8.66. The molecule has 12 nitrogen and oxygen atoms in total. The Labute approximate surface area is 278 Å². The molecule has 12 heteroatoms. The fourth-order valence-corrected chi connectivity index (χ4v) is 6.14. The van der Waals surface area contributed by atoms with Crippen molar-refractivity contribution in [1.82, 2.24) is 9.80 Å². The minimum Gasteiger partial charge on any atom is -0.494 e. The Morgan fingerprint density at radius 1 is 0.936 bits per heavy atom. The van der Waals surface area contributed by atoms with E-state index in [2.05, 4.69) is 11.0 Å². The zero-order valence-corrected chi connectivity index (χ0v) is 28.2. The standard InChI is InChI=1S/C35H51N3O9/c1-5-36(6-2)33(39)25-47-32-23-38(35(40)41)22-31(34(32)27-10-12-28(13-11-27)44-19-8-18-43-4)46-24-26-9-14-30-29(21-26)37(16-20-45-30)15-7-17-42-3/h9-14,21,31-32,34H,5-8,15-20,22-25H2,1-4H3,(H,40,41)/t31-,32+,34+/m0/s1. The number of anilines is 1. The van der Waals surface area contributed by atoms with E-state index in [0.717, 1.165) is 54.2 Å². The van der Waals surface area contributed by atoms with Crippen LogP contribution in [0.5, 0.6) is 11.5 Å². The lowest BCUT2D eigenvalue weighted by Gasteiger charge is -2.42. The molecule has 0 aromatic heterocycles. The fourth-order valence-electron chi connectivity index (χ4n) is 6.14. The summed E-state index contributed by atoms with van der Waals surface area (Å²) in [5.74, 6) is 1.10. The number of piperidine rings is 1. The Balaban J connectivity index is 1.56. The number of carbonyl (C=O) groups is 2. The van der Waals surface area contributed by atoms with Crippen LogP contribution in [0, 0.1) is 0 Å². The van der Waals surface area contributed by atoms with Gasteiger partial charge in [0.15, 0.2) is 0 Å². The highest BCUT2D eigenvalue weighted by molar-refractivity contribution is 5.77. The highest BCUT2D eigenvalue weighted by Crippen LogP contribution is 2.36. The molecule has 2 aliphatic rings. The third kappa shape index (κ3) is 10.2. The van der Waals surface area contributed by atoms with E-state index in [1.807, 2.05) is 50.2 Å². The van der Waals surface area contributed by atoms with Crippen LogP contribution >= 0.6 is 0 Å². The van der Waals surface area contributed by atoms with Crippen LogP contribution in [0.25, 0.3) is 0 Å². The second-order valence-electron chi connectivity index (χ2n) is 11.7. The predicted octanol–water partition coefficient (Wildman–Crippen LogP) is 4.25. The molecule has 0 saturated carbocycles. The Kier molecular flexibility index (Phi) is 14.4. The molecule has 2 aromatic carbocycles. The van der Waals surface area contributed by atoms with Crippen molar-refractivity contribution in [2.24, 2.45) is 0 Å². The summed E-state index contributed by atoms with van der Waals surface area (Å²) in [5.41, 5.74) is 2.89. The Bertz CT molecular complexity index is 1260. The normalized spacial score (nSPS) is 19.2. The maximum Gasteiger partial charge on any atom is 0.407 e. The minimum absolute atomic E-state index is 0.118. The molecule has 0 bridgehead atoms. The Morgan fingerprint density at radius 3 is 2.32 bits per heavy atom. The number of rotatable bonds is 18. The number of ether oxygens (including phenoxy) is 6. The molecule has 260 valence electrons. The van der Waals surface area contributed by atoms with E-state index >= 15 is 0 Å². The molecule has 1 N–H and O–H groups in total. The van der Waals surface area contributed by atoms with Crippen molar-refractivity contribution in [2.75, 3.05) is 91.4 Å². The molecule has 0 radical (unpaired) electrons. The van der Waals surface area contributed by atoms with E-state index < -0.39 is 18.3 Å². The summed E-state index contributed by atoms with van der Waals surface area (Å²) in [6.07, 6.45) is -0.519. The maximum absolute atomic E-state index is 12.9. The predicted molar refractivity (Wildman–Crippen MR) is 178 cm³/mol. The van der Waals surface area contributed by atoms with E-state index in [1.165, 1.54) is 4.90 Å². The lowest BCUT2D eigenvalue weighted by Crippen LogP contribution is -2.54. The largest absolute Gasteiger partial charge is 0.494 e. The number of carbonyl (C=O) groups excluding carboxylic acids is 1. The van der Waals surface area contributed by atoms with Crippen LogP contribution in [0.2, 0.25) is 0 Å². The van der Waals surface area contributed by atoms with Gasteiger partial charge >= 0.3 is 6.09 Å². The second-order valence-corrected chi connectivity index (χ2v) is 11.7. The molecule has 3 atom stereocenters. The molecule has 1 saturated heterocycles. The molecule has 2 heterocycles. The first-order chi connectivity index (χ1) is 22.9. The monoisotopic (exact) mass is 657 g/mol. The van der Waals surface area contributed by atoms with Crippen molar-refractivity contribution in [3.63, 3.8) is 0 Å². The lowest BCUT2D eigenvalue weighted by atomic mass is 9.84. The van der Waals surface area contributed by atoms with Gasteiger partial charge in [-0.2, -0.15) is 0 Å². The van der Waals surface area contributed by atoms with Gasteiger partial charge in [0.2, 0.25) is 5.91 Å². The van der Waals surface area contributed by atoms with Crippen LogP contribution < -0.4 is 14.4 Å². The average Bonchev–Trinajstić information content (AvgIpc) is 3.09. The molecule has 47 heavy (non-hydrogen) atoms. The van der Waals surface area contributed by atoms with E-state index in [9.17, 15) is 14.7 Å².